The molecule has 0 aliphatic rings. The highest BCUT2D eigenvalue weighted by Gasteiger charge is 2.32. The van der Waals surface area contributed by atoms with Crippen LogP contribution >= 0.6 is 0 Å². The van der Waals surface area contributed by atoms with E-state index in [0.29, 0.717) is 6.54 Å². The van der Waals surface area contributed by atoms with Gasteiger partial charge in [-0.1, -0.05) is 74.0 Å². The number of nitrogens with two attached hydrogens (primary N) is 1. The molecule has 2 aromatic rings. The molecule has 0 aliphatic heterocycles. The minimum atomic E-state index is -1.29. The van der Waals surface area contributed by atoms with Crippen molar-refractivity contribution in [3.8, 4) is 0 Å². The van der Waals surface area contributed by atoms with Gasteiger partial charge >= 0.3 is 0 Å². The molecule has 0 saturated carbocycles. The molecule has 0 fully saturated rings. The second-order valence-electron chi connectivity index (χ2n) is 5.76. The predicted molar refractivity (Wildman–Crippen MR) is 96.1 cm³/mol. The van der Waals surface area contributed by atoms with Crippen LogP contribution in [0.15, 0.2) is 54.6 Å². The zero-order chi connectivity index (χ0) is 16.0. The molecule has 117 valence electrons. The van der Waals surface area contributed by atoms with Gasteiger partial charge in [-0.2, -0.15) is 0 Å². The first-order valence-corrected chi connectivity index (χ1v) is 9.43. The smallest absolute Gasteiger partial charge is 0.283 e. The van der Waals surface area contributed by atoms with Crippen molar-refractivity contribution in [3.05, 3.63) is 60.2 Å². The Labute approximate surface area is 136 Å². The minimum Gasteiger partial charge on any atom is -0.400 e. The molecule has 22 heavy (non-hydrogen) atoms. The lowest BCUT2D eigenvalue weighted by atomic mass is 9.98. The molecular weight excluding hydrogens is 286 g/mol. The van der Waals surface area contributed by atoms with Gasteiger partial charge in [-0.25, -0.2) is 0 Å². The fourth-order valence-corrected chi connectivity index (χ4v) is 4.86. The molecule has 2 aromatic carbocycles. The Bertz CT molecular complexity index is 555. The van der Waals surface area contributed by atoms with Gasteiger partial charge in [0.2, 0.25) is 0 Å². The van der Waals surface area contributed by atoms with E-state index in [-0.39, 0.29) is 5.60 Å². The Kier molecular flexibility index (Phi) is 5.95. The topological polar surface area (TPSA) is 35.2 Å². The lowest BCUT2D eigenvalue weighted by Gasteiger charge is -2.34. The van der Waals surface area contributed by atoms with Crippen LogP contribution in [0.4, 0.5) is 0 Å². The van der Waals surface area contributed by atoms with Crippen molar-refractivity contribution in [3.63, 3.8) is 0 Å². The highest BCUT2D eigenvalue weighted by molar-refractivity contribution is 6.80. The van der Waals surface area contributed by atoms with Crippen molar-refractivity contribution < 1.29 is 4.43 Å². The molecule has 0 aliphatic carbocycles. The number of aryl methyl sites for hydroxylation is 1. The third-order valence-electron chi connectivity index (χ3n) is 4.33. The van der Waals surface area contributed by atoms with Crippen LogP contribution in [0, 0.1) is 6.92 Å². The molecule has 0 aromatic heterocycles. The first-order valence-electron chi connectivity index (χ1n) is 8.02. The van der Waals surface area contributed by atoms with Crippen molar-refractivity contribution >= 4 is 19.4 Å². The zero-order valence-corrected chi connectivity index (χ0v) is 14.8. The molecule has 0 unspecified atom stereocenters. The fourth-order valence-electron chi connectivity index (χ4n) is 2.52. The number of hydrogen-bond acceptors (Lipinski definition) is 2. The van der Waals surface area contributed by atoms with Gasteiger partial charge in [-0.3, -0.25) is 0 Å². The summed E-state index contributed by atoms with van der Waals surface area (Å²) in [7, 11) is -1.29. The molecule has 2 rings (SSSR count). The predicted octanol–water partition coefficient (Wildman–Crippen LogP) is 2.63. The van der Waals surface area contributed by atoms with Crippen molar-refractivity contribution in [1.82, 2.24) is 0 Å². The monoisotopic (exact) mass is 312 g/mol. The molecular formula is C19H26NOSi. The molecule has 0 heterocycles. The van der Waals surface area contributed by atoms with Gasteiger partial charge in [-0.15, -0.1) is 0 Å². The van der Waals surface area contributed by atoms with E-state index in [4.69, 9.17) is 10.2 Å². The molecule has 1 radical (unpaired) electrons. The summed E-state index contributed by atoms with van der Waals surface area (Å²) in [6.45, 7) is 7.00. The molecule has 2 N–H and O–H groups in total. The molecule has 0 atom stereocenters. The van der Waals surface area contributed by atoms with Gasteiger partial charge < -0.3 is 10.2 Å². The molecule has 0 bridgehead atoms. The van der Waals surface area contributed by atoms with Gasteiger partial charge in [0.1, 0.15) is 0 Å². The van der Waals surface area contributed by atoms with Crippen molar-refractivity contribution in [2.24, 2.45) is 5.73 Å². The van der Waals surface area contributed by atoms with Gasteiger partial charge in [0, 0.05) is 6.54 Å². The first kappa shape index (κ1) is 16.9. The van der Waals surface area contributed by atoms with Gasteiger partial charge in [-0.05, 0) is 30.1 Å². The Morgan fingerprint density at radius 2 is 1.45 bits per heavy atom. The molecule has 0 spiro atoms. The Balaban J connectivity index is 2.40. The average molecular weight is 313 g/mol. The van der Waals surface area contributed by atoms with Crippen LogP contribution in [0.25, 0.3) is 0 Å². The fraction of sp³-hybridized carbons (Fsp3) is 0.368. The summed E-state index contributed by atoms with van der Waals surface area (Å²) in [6.07, 6.45) is 1.87. The third-order valence-corrected chi connectivity index (χ3v) is 6.68. The van der Waals surface area contributed by atoms with Crippen LogP contribution in [0.2, 0.25) is 0 Å². The van der Waals surface area contributed by atoms with Crippen molar-refractivity contribution in [2.45, 2.75) is 39.2 Å². The van der Waals surface area contributed by atoms with Crippen LogP contribution in [-0.4, -0.2) is 21.2 Å². The maximum atomic E-state index is 6.67. The lowest BCUT2D eigenvalue weighted by molar-refractivity contribution is 0.0720. The summed E-state index contributed by atoms with van der Waals surface area (Å²) < 4.78 is 6.67. The van der Waals surface area contributed by atoms with Crippen molar-refractivity contribution in [2.75, 3.05) is 6.54 Å². The van der Waals surface area contributed by atoms with E-state index in [0.717, 1.165) is 12.8 Å². The first-order chi connectivity index (χ1) is 10.6. The third kappa shape index (κ3) is 3.86. The largest absolute Gasteiger partial charge is 0.400 e. The zero-order valence-electron chi connectivity index (χ0n) is 13.8. The van der Waals surface area contributed by atoms with Crippen molar-refractivity contribution in [1.29, 1.82) is 0 Å². The second kappa shape index (κ2) is 7.72. The summed E-state index contributed by atoms with van der Waals surface area (Å²) in [5.41, 5.74) is 7.09. The Hall–Kier alpha value is -1.42. The van der Waals surface area contributed by atoms with Gasteiger partial charge in [0.25, 0.3) is 9.04 Å². The summed E-state index contributed by atoms with van der Waals surface area (Å²) in [5, 5.41) is 2.55. The normalized spacial score (nSPS) is 11.9. The highest BCUT2D eigenvalue weighted by atomic mass is 28.3. The maximum absolute atomic E-state index is 6.67. The number of rotatable bonds is 7. The number of benzene rings is 2. The lowest BCUT2D eigenvalue weighted by Crippen LogP contribution is -2.54. The van der Waals surface area contributed by atoms with E-state index in [9.17, 15) is 0 Å². The maximum Gasteiger partial charge on any atom is 0.283 e. The summed E-state index contributed by atoms with van der Waals surface area (Å²) in [5.74, 6) is 0. The standard InChI is InChI=1S/C19H26NOSi/c1-4-19(5-2,15-20)21-22(17-9-7-6-8-10-17)18-13-11-16(3)12-14-18/h6-14H,4-5,15,20H2,1-3H3. The molecule has 0 saturated heterocycles. The Morgan fingerprint density at radius 1 is 0.909 bits per heavy atom. The van der Waals surface area contributed by atoms with E-state index in [1.54, 1.807) is 0 Å². The van der Waals surface area contributed by atoms with E-state index in [1.807, 2.05) is 6.07 Å². The number of hydrogen-bond donors (Lipinski definition) is 1. The molecule has 0 amide bonds. The average Bonchev–Trinajstić information content (AvgIpc) is 2.59. The molecule has 3 heteroatoms. The SMILES string of the molecule is CCC(CC)(CN)O[Si](c1ccccc1)c1ccc(C)cc1. The highest BCUT2D eigenvalue weighted by Crippen LogP contribution is 2.20. The van der Waals surface area contributed by atoms with E-state index < -0.39 is 9.04 Å². The Morgan fingerprint density at radius 3 is 1.95 bits per heavy atom. The summed E-state index contributed by atoms with van der Waals surface area (Å²) >= 11 is 0. The van der Waals surface area contributed by atoms with E-state index in [1.165, 1.54) is 15.9 Å². The van der Waals surface area contributed by atoms with E-state index >= 15 is 0 Å². The van der Waals surface area contributed by atoms with Crippen LogP contribution in [-0.2, 0) is 4.43 Å². The molecule has 2 nitrogen and oxygen atoms in total. The quantitative estimate of drug-likeness (QED) is 0.798. The minimum absolute atomic E-state index is 0.227. The van der Waals surface area contributed by atoms with Crippen LogP contribution < -0.4 is 16.1 Å². The van der Waals surface area contributed by atoms with Crippen LogP contribution in [0.3, 0.4) is 0 Å². The second-order valence-corrected chi connectivity index (χ2v) is 7.77. The summed E-state index contributed by atoms with van der Waals surface area (Å²) in [4.78, 5) is 0. The summed E-state index contributed by atoms with van der Waals surface area (Å²) in [6, 6.07) is 19.3. The van der Waals surface area contributed by atoms with Crippen LogP contribution in [0.5, 0.6) is 0 Å². The van der Waals surface area contributed by atoms with E-state index in [2.05, 4.69) is 69.3 Å². The van der Waals surface area contributed by atoms with Crippen LogP contribution in [0.1, 0.15) is 32.3 Å². The van der Waals surface area contributed by atoms with Gasteiger partial charge in [0.05, 0.1) is 5.60 Å². The van der Waals surface area contributed by atoms with Gasteiger partial charge in [0.15, 0.2) is 0 Å².